The summed E-state index contributed by atoms with van der Waals surface area (Å²) in [5, 5.41) is 21.7. The van der Waals surface area contributed by atoms with E-state index >= 15 is 0 Å². The van der Waals surface area contributed by atoms with Gasteiger partial charge >= 0.3 is 5.97 Å². The molecule has 0 spiro atoms. The summed E-state index contributed by atoms with van der Waals surface area (Å²) in [5.74, 6) is -0.271. The third kappa shape index (κ3) is 4.91. The fraction of sp³-hybridized carbons (Fsp3) is 0.533. The number of aromatic hydroxyl groups is 1. The highest BCUT2D eigenvalue weighted by Gasteiger charge is 2.22. The van der Waals surface area contributed by atoms with Crippen molar-refractivity contribution in [1.82, 2.24) is 5.32 Å². The summed E-state index contributed by atoms with van der Waals surface area (Å²) in [7, 11) is 0. The quantitative estimate of drug-likeness (QED) is 0.709. The standard InChI is InChI=1S/C15H23NO3/c1-4-13(11-5-7-12(17)8-6-11)16-14(15(18)19)9-10(2)3/h5-8,10,13-14,16-17H,4,9H2,1-3H3,(H,18,19). The van der Waals surface area contributed by atoms with Crippen LogP contribution in [0.2, 0.25) is 0 Å². The Kier molecular flexibility index (Phi) is 5.83. The summed E-state index contributed by atoms with van der Waals surface area (Å²) >= 11 is 0. The number of nitrogens with one attached hydrogen (secondary N) is 1. The number of carbonyl (C=O) groups is 1. The lowest BCUT2D eigenvalue weighted by Gasteiger charge is -2.24. The lowest BCUT2D eigenvalue weighted by Crippen LogP contribution is -2.40. The minimum absolute atomic E-state index is 0.0135. The molecule has 0 heterocycles. The van der Waals surface area contributed by atoms with E-state index in [1.165, 1.54) is 0 Å². The zero-order valence-corrected chi connectivity index (χ0v) is 11.8. The first kappa shape index (κ1) is 15.5. The van der Waals surface area contributed by atoms with Gasteiger partial charge in [0.15, 0.2) is 0 Å². The molecule has 4 heteroatoms. The molecule has 0 saturated heterocycles. The van der Waals surface area contributed by atoms with E-state index < -0.39 is 12.0 Å². The average Bonchev–Trinajstić information content (AvgIpc) is 2.35. The molecule has 4 nitrogen and oxygen atoms in total. The summed E-state index contributed by atoms with van der Waals surface area (Å²) in [6, 6.07) is 6.34. The van der Waals surface area contributed by atoms with Gasteiger partial charge in [0.1, 0.15) is 11.8 Å². The number of hydrogen-bond acceptors (Lipinski definition) is 3. The largest absolute Gasteiger partial charge is 0.508 e. The number of aliphatic carboxylic acids is 1. The molecule has 0 aliphatic heterocycles. The second kappa shape index (κ2) is 7.14. The van der Waals surface area contributed by atoms with Crippen molar-refractivity contribution in [2.45, 2.75) is 45.7 Å². The molecule has 0 aliphatic rings. The minimum Gasteiger partial charge on any atom is -0.508 e. The fourth-order valence-corrected chi connectivity index (χ4v) is 2.11. The van der Waals surface area contributed by atoms with Crippen molar-refractivity contribution >= 4 is 5.97 Å². The third-order valence-electron chi connectivity index (χ3n) is 3.11. The van der Waals surface area contributed by atoms with Gasteiger partial charge in [0.25, 0.3) is 0 Å². The molecule has 1 rings (SSSR count). The first-order valence-electron chi connectivity index (χ1n) is 6.71. The van der Waals surface area contributed by atoms with Gasteiger partial charge in [-0.15, -0.1) is 0 Å². The van der Waals surface area contributed by atoms with Crippen LogP contribution in [0.1, 0.15) is 45.2 Å². The first-order valence-corrected chi connectivity index (χ1v) is 6.71. The molecular weight excluding hydrogens is 242 g/mol. The second-order valence-corrected chi connectivity index (χ2v) is 5.24. The van der Waals surface area contributed by atoms with E-state index in [0.29, 0.717) is 12.3 Å². The highest BCUT2D eigenvalue weighted by Crippen LogP contribution is 2.21. The topological polar surface area (TPSA) is 69.6 Å². The molecule has 1 aromatic rings. The van der Waals surface area contributed by atoms with Crippen molar-refractivity contribution < 1.29 is 15.0 Å². The highest BCUT2D eigenvalue weighted by atomic mass is 16.4. The van der Waals surface area contributed by atoms with Crippen LogP contribution in [-0.2, 0) is 4.79 Å². The molecule has 2 atom stereocenters. The summed E-state index contributed by atoms with van der Waals surface area (Å²) in [6.07, 6.45) is 1.40. The van der Waals surface area contributed by atoms with Crippen LogP contribution >= 0.6 is 0 Å². The van der Waals surface area contributed by atoms with E-state index in [1.54, 1.807) is 12.1 Å². The Morgan fingerprint density at radius 3 is 2.26 bits per heavy atom. The van der Waals surface area contributed by atoms with Crippen LogP contribution < -0.4 is 5.32 Å². The van der Waals surface area contributed by atoms with Crippen molar-refractivity contribution in [2.75, 3.05) is 0 Å². The van der Waals surface area contributed by atoms with Crippen LogP contribution in [0, 0.1) is 5.92 Å². The monoisotopic (exact) mass is 265 g/mol. The molecule has 0 fully saturated rings. The lowest BCUT2D eigenvalue weighted by molar-refractivity contribution is -0.140. The Morgan fingerprint density at radius 1 is 1.26 bits per heavy atom. The van der Waals surface area contributed by atoms with Crippen LogP contribution in [0.15, 0.2) is 24.3 Å². The summed E-state index contributed by atoms with van der Waals surface area (Å²) < 4.78 is 0. The van der Waals surface area contributed by atoms with E-state index in [9.17, 15) is 15.0 Å². The first-order chi connectivity index (χ1) is 8.93. The van der Waals surface area contributed by atoms with E-state index in [-0.39, 0.29) is 11.8 Å². The Morgan fingerprint density at radius 2 is 1.84 bits per heavy atom. The van der Waals surface area contributed by atoms with Crippen molar-refractivity contribution in [3.05, 3.63) is 29.8 Å². The summed E-state index contributed by atoms with van der Waals surface area (Å²) in [5.41, 5.74) is 0.996. The Balaban J connectivity index is 2.79. The SMILES string of the molecule is CCC(NC(CC(C)C)C(=O)O)c1ccc(O)cc1. The van der Waals surface area contributed by atoms with Crippen molar-refractivity contribution in [3.63, 3.8) is 0 Å². The molecule has 2 unspecified atom stereocenters. The van der Waals surface area contributed by atoms with E-state index in [0.717, 1.165) is 12.0 Å². The minimum atomic E-state index is -0.814. The summed E-state index contributed by atoms with van der Waals surface area (Å²) in [6.45, 7) is 6.04. The van der Waals surface area contributed by atoms with E-state index in [4.69, 9.17) is 0 Å². The number of rotatable bonds is 7. The Labute approximate surface area is 114 Å². The number of carboxylic acid groups (broad SMARTS) is 1. The number of phenols is 1. The van der Waals surface area contributed by atoms with Crippen LogP contribution in [0.5, 0.6) is 5.75 Å². The zero-order chi connectivity index (χ0) is 14.4. The number of phenolic OH excluding ortho intramolecular Hbond substituents is 1. The van der Waals surface area contributed by atoms with Gasteiger partial charge in [-0.3, -0.25) is 10.1 Å². The maximum absolute atomic E-state index is 11.3. The lowest BCUT2D eigenvalue weighted by atomic mass is 9.99. The van der Waals surface area contributed by atoms with Crippen molar-refractivity contribution in [2.24, 2.45) is 5.92 Å². The number of hydrogen-bond donors (Lipinski definition) is 3. The van der Waals surface area contributed by atoms with Gasteiger partial charge < -0.3 is 10.2 Å². The van der Waals surface area contributed by atoms with Crippen molar-refractivity contribution in [1.29, 1.82) is 0 Å². The fourth-order valence-electron chi connectivity index (χ4n) is 2.11. The van der Waals surface area contributed by atoms with Crippen LogP contribution in [0.3, 0.4) is 0 Å². The molecule has 0 amide bonds. The Bertz CT molecular complexity index is 400. The maximum Gasteiger partial charge on any atom is 0.320 e. The maximum atomic E-state index is 11.3. The van der Waals surface area contributed by atoms with Gasteiger partial charge in [-0.2, -0.15) is 0 Å². The molecule has 19 heavy (non-hydrogen) atoms. The molecule has 3 N–H and O–H groups in total. The molecule has 0 radical (unpaired) electrons. The van der Waals surface area contributed by atoms with Gasteiger partial charge in [-0.25, -0.2) is 0 Å². The predicted molar refractivity (Wildman–Crippen MR) is 75.2 cm³/mol. The number of carboxylic acids is 1. The van der Waals surface area contributed by atoms with Gasteiger partial charge in [0, 0.05) is 6.04 Å². The molecule has 0 aliphatic carbocycles. The summed E-state index contributed by atoms with van der Waals surface area (Å²) in [4.78, 5) is 11.3. The smallest absolute Gasteiger partial charge is 0.320 e. The van der Waals surface area contributed by atoms with Gasteiger partial charge in [0.2, 0.25) is 0 Å². The second-order valence-electron chi connectivity index (χ2n) is 5.24. The predicted octanol–water partition coefficient (Wildman–Crippen LogP) is 2.93. The van der Waals surface area contributed by atoms with E-state index in [2.05, 4.69) is 5.32 Å². The van der Waals surface area contributed by atoms with Gasteiger partial charge in [0.05, 0.1) is 0 Å². The molecule has 0 saturated carbocycles. The Hall–Kier alpha value is -1.55. The van der Waals surface area contributed by atoms with Crippen LogP contribution in [0.4, 0.5) is 0 Å². The molecule has 0 bridgehead atoms. The van der Waals surface area contributed by atoms with E-state index in [1.807, 2.05) is 32.9 Å². The zero-order valence-electron chi connectivity index (χ0n) is 11.8. The van der Waals surface area contributed by atoms with Crippen LogP contribution in [-0.4, -0.2) is 22.2 Å². The average molecular weight is 265 g/mol. The normalized spacial score (nSPS) is 14.3. The third-order valence-corrected chi connectivity index (χ3v) is 3.11. The van der Waals surface area contributed by atoms with Crippen LogP contribution in [0.25, 0.3) is 0 Å². The molecular formula is C15H23NO3. The molecule has 1 aromatic carbocycles. The number of benzene rings is 1. The van der Waals surface area contributed by atoms with Gasteiger partial charge in [-0.1, -0.05) is 32.9 Å². The molecule has 0 aromatic heterocycles. The van der Waals surface area contributed by atoms with Crippen molar-refractivity contribution in [3.8, 4) is 5.75 Å². The van der Waals surface area contributed by atoms with Gasteiger partial charge in [-0.05, 0) is 36.5 Å². The highest BCUT2D eigenvalue weighted by molar-refractivity contribution is 5.73. The molecule has 106 valence electrons.